The SMILES string of the molecule is CN(C)c1nc(Cl)c2[nH]cc(Cl)c2n1. The first-order chi connectivity index (χ1) is 6.59. The van der Waals surface area contributed by atoms with Crippen molar-refractivity contribution in [3.63, 3.8) is 0 Å². The van der Waals surface area contributed by atoms with E-state index in [0.29, 0.717) is 27.2 Å². The van der Waals surface area contributed by atoms with Gasteiger partial charge in [0.2, 0.25) is 5.95 Å². The number of hydrogen-bond donors (Lipinski definition) is 1. The van der Waals surface area contributed by atoms with Crippen LogP contribution in [-0.4, -0.2) is 29.0 Å². The topological polar surface area (TPSA) is 44.8 Å². The van der Waals surface area contributed by atoms with Crippen LogP contribution >= 0.6 is 23.2 Å². The molecule has 0 fully saturated rings. The number of anilines is 1. The minimum absolute atomic E-state index is 0.380. The Bertz CT molecular complexity index is 477. The van der Waals surface area contributed by atoms with E-state index in [0.717, 1.165) is 0 Å². The number of halogens is 2. The number of rotatable bonds is 1. The Kier molecular flexibility index (Phi) is 2.25. The van der Waals surface area contributed by atoms with E-state index in [9.17, 15) is 0 Å². The molecule has 2 aromatic rings. The molecule has 0 atom stereocenters. The average Bonchev–Trinajstić information content (AvgIpc) is 2.48. The fourth-order valence-corrected chi connectivity index (χ4v) is 1.54. The van der Waals surface area contributed by atoms with Crippen LogP contribution in [0.15, 0.2) is 6.20 Å². The smallest absolute Gasteiger partial charge is 0.226 e. The van der Waals surface area contributed by atoms with Crippen LogP contribution in [0.1, 0.15) is 0 Å². The highest BCUT2D eigenvalue weighted by Gasteiger charge is 2.11. The van der Waals surface area contributed by atoms with Crippen molar-refractivity contribution in [2.24, 2.45) is 0 Å². The molecule has 0 radical (unpaired) electrons. The first-order valence-electron chi connectivity index (χ1n) is 3.97. The van der Waals surface area contributed by atoms with Gasteiger partial charge >= 0.3 is 0 Å². The van der Waals surface area contributed by atoms with Crippen LogP contribution < -0.4 is 4.90 Å². The molecule has 74 valence electrons. The monoisotopic (exact) mass is 230 g/mol. The summed E-state index contributed by atoms with van der Waals surface area (Å²) in [6.07, 6.45) is 1.65. The van der Waals surface area contributed by atoms with Gasteiger partial charge in [-0.3, -0.25) is 0 Å². The molecule has 4 nitrogen and oxygen atoms in total. The second-order valence-corrected chi connectivity index (χ2v) is 3.83. The predicted molar refractivity (Wildman–Crippen MR) is 58.2 cm³/mol. The third-order valence-electron chi connectivity index (χ3n) is 1.82. The van der Waals surface area contributed by atoms with Gasteiger partial charge in [-0.2, -0.15) is 4.98 Å². The van der Waals surface area contributed by atoms with Crippen LogP contribution in [0.25, 0.3) is 11.0 Å². The molecular formula is C8H8Cl2N4. The molecule has 2 aromatic heterocycles. The van der Waals surface area contributed by atoms with Crippen molar-refractivity contribution in [3.05, 3.63) is 16.4 Å². The predicted octanol–water partition coefficient (Wildman–Crippen LogP) is 2.33. The van der Waals surface area contributed by atoms with E-state index in [1.165, 1.54) is 0 Å². The lowest BCUT2D eigenvalue weighted by molar-refractivity contribution is 1.02. The number of H-pyrrole nitrogens is 1. The van der Waals surface area contributed by atoms with Gasteiger partial charge in [0.15, 0.2) is 5.15 Å². The molecule has 0 bridgehead atoms. The highest BCUT2D eigenvalue weighted by Crippen LogP contribution is 2.27. The summed E-state index contributed by atoms with van der Waals surface area (Å²) in [6.45, 7) is 0. The molecule has 0 unspecified atom stereocenters. The van der Waals surface area contributed by atoms with Gasteiger partial charge in [-0.1, -0.05) is 23.2 Å². The molecule has 0 aromatic carbocycles. The van der Waals surface area contributed by atoms with E-state index in [1.54, 1.807) is 11.1 Å². The van der Waals surface area contributed by atoms with Crippen LogP contribution in [0.3, 0.4) is 0 Å². The first kappa shape index (κ1) is 9.55. The van der Waals surface area contributed by atoms with Crippen LogP contribution in [0.5, 0.6) is 0 Å². The Morgan fingerprint density at radius 3 is 2.64 bits per heavy atom. The number of nitrogens with zero attached hydrogens (tertiary/aromatic N) is 3. The maximum absolute atomic E-state index is 5.95. The molecule has 2 heterocycles. The lowest BCUT2D eigenvalue weighted by atomic mass is 10.4. The molecule has 2 rings (SSSR count). The summed E-state index contributed by atoms with van der Waals surface area (Å²) < 4.78 is 0. The number of aromatic amines is 1. The number of fused-ring (bicyclic) bond motifs is 1. The third-order valence-corrected chi connectivity index (χ3v) is 2.38. The molecule has 1 N–H and O–H groups in total. The number of hydrogen-bond acceptors (Lipinski definition) is 3. The summed E-state index contributed by atoms with van der Waals surface area (Å²) in [5.74, 6) is 0.545. The van der Waals surface area contributed by atoms with E-state index >= 15 is 0 Å². The van der Waals surface area contributed by atoms with Gasteiger partial charge in [-0.25, -0.2) is 4.98 Å². The summed E-state index contributed by atoms with van der Waals surface area (Å²) in [7, 11) is 3.69. The van der Waals surface area contributed by atoms with Crippen molar-refractivity contribution < 1.29 is 0 Å². The highest BCUT2D eigenvalue weighted by molar-refractivity contribution is 6.38. The number of aromatic nitrogens is 3. The summed E-state index contributed by atoms with van der Waals surface area (Å²) in [5.41, 5.74) is 1.32. The normalized spacial score (nSPS) is 10.9. The van der Waals surface area contributed by atoms with E-state index < -0.39 is 0 Å². The van der Waals surface area contributed by atoms with E-state index in [1.807, 2.05) is 14.1 Å². The Morgan fingerprint density at radius 1 is 1.29 bits per heavy atom. The first-order valence-corrected chi connectivity index (χ1v) is 4.72. The largest absolute Gasteiger partial charge is 0.356 e. The van der Waals surface area contributed by atoms with Crippen molar-refractivity contribution in [2.45, 2.75) is 0 Å². The number of nitrogens with one attached hydrogen (secondary N) is 1. The minimum Gasteiger partial charge on any atom is -0.356 e. The maximum Gasteiger partial charge on any atom is 0.226 e. The molecule has 0 aliphatic rings. The maximum atomic E-state index is 5.95. The summed E-state index contributed by atoms with van der Waals surface area (Å²) in [5, 5.41) is 0.929. The Hall–Kier alpha value is -1.00. The van der Waals surface area contributed by atoms with Crippen molar-refractivity contribution in [1.29, 1.82) is 0 Å². The Balaban J connectivity index is 2.75. The van der Waals surface area contributed by atoms with Gasteiger partial charge in [0.25, 0.3) is 0 Å². The molecule has 0 aliphatic heterocycles. The lowest BCUT2D eigenvalue weighted by Gasteiger charge is -2.09. The van der Waals surface area contributed by atoms with Crippen molar-refractivity contribution in [1.82, 2.24) is 15.0 Å². The zero-order valence-electron chi connectivity index (χ0n) is 7.67. The molecule has 0 aliphatic carbocycles. The Labute approximate surface area is 90.9 Å². The van der Waals surface area contributed by atoms with E-state index in [4.69, 9.17) is 23.2 Å². The van der Waals surface area contributed by atoms with E-state index in [-0.39, 0.29) is 0 Å². The minimum atomic E-state index is 0.380. The van der Waals surface area contributed by atoms with Gasteiger partial charge < -0.3 is 9.88 Å². The summed E-state index contributed by atoms with van der Waals surface area (Å²) in [4.78, 5) is 13.1. The average molecular weight is 231 g/mol. The zero-order valence-corrected chi connectivity index (χ0v) is 9.19. The second-order valence-electron chi connectivity index (χ2n) is 3.07. The van der Waals surface area contributed by atoms with Gasteiger partial charge in [-0.05, 0) is 0 Å². The van der Waals surface area contributed by atoms with Crippen LogP contribution in [0.2, 0.25) is 10.2 Å². The zero-order chi connectivity index (χ0) is 10.3. The Morgan fingerprint density at radius 2 is 2.00 bits per heavy atom. The van der Waals surface area contributed by atoms with Crippen molar-refractivity contribution >= 4 is 40.2 Å². The molecule has 0 saturated carbocycles. The van der Waals surface area contributed by atoms with E-state index in [2.05, 4.69) is 15.0 Å². The standard InChI is InChI=1S/C8H8Cl2N4/c1-14(2)8-12-5-4(9)3-11-6(5)7(10)13-8/h3,11H,1-2H3. The van der Waals surface area contributed by atoms with Crippen LogP contribution in [-0.2, 0) is 0 Å². The van der Waals surface area contributed by atoms with Gasteiger partial charge in [-0.15, -0.1) is 0 Å². The van der Waals surface area contributed by atoms with Gasteiger partial charge in [0.05, 0.1) is 5.02 Å². The van der Waals surface area contributed by atoms with Crippen LogP contribution in [0, 0.1) is 0 Å². The molecule has 14 heavy (non-hydrogen) atoms. The summed E-state index contributed by atoms with van der Waals surface area (Å²) in [6, 6.07) is 0. The third kappa shape index (κ3) is 1.40. The van der Waals surface area contributed by atoms with Crippen LogP contribution in [0.4, 0.5) is 5.95 Å². The molecular weight excluding hydrogens is 223 g/mol. The molecule has 0 saturated heterocycles. The second kappa shape index (κ2) is 3.29. The molecule has 0 amide bonds. The molecule has 0 spiro atoms. The summed E-state index contributed by atoms with van der Waals surface area (Å²) >= 11 is 11.9. The highest BCUT2D eigenvalue weighted by atomic mass is 35.5. The van der Waals surface area contributed by atoms with Gasteiger partial charge in [0.1, 0.15) is 11.0 Å². The molecule has 6 heteroatoms. The lowest BCUT2D eigenvalue weighted by Crippen LogP contribution is -2.12. The fraction of sp³-hybridized carbons (Fsp3) is 0.250. The fourth-order valence-electron chi connectivity index (χ4n) is 1.13. The van der Waals surface area contributed by atoms with Gasteiger partial charge in [0, 0.05) is 20.3 Å². The van der Waals surface area contributed by atoms with Crippen molar-refractivity contribution in [2.75, 3.05) is 19.0 Å². The quantitative estimate of drug-likeness (QED) is 0.766. The van der Waals surface area contributed by atoms with Crippen molar-refractivity contribution in [3.8, 4) is 0 Å².